The second-order valence-corrected chi connectivity index (χ2v) is 15.2. The monoisotopic (exact) mass is 687 g/mol. The first-order chi connectivity index (χ1) is 25.7. The smallest absolute Gasteiger partial charge is 0.135 e. The maximum Gasteiger partial charge on any atom is 0.135 e. The number of para-hydroxylation sites is 1. The van der Waals surface area contributed by atoms with E-state index in [1.54, 1.807) is 4.88 Å². The van der Waals surface area contributed by atoms with Crippen LogP contribution in [0.25, 0.3) is 56.3 Å². The zero-order chi connectivity index (χ0) is 34.6. The summed E-state index contributed by atoms with van der Waals surface area (Å²) in [5, 5.41) is 2.29. The van der Waals surface area contributed by atoms with Crippen LogP contribution in [-0.2, 0) is 6.42 Å². The lowest BCUT2D eigenvalue weighted by atomic mass is 9.84. The second-order valence-electron chi connectivity index (χ2n) is 14.1. The average Bonchev–Trinajstić information content (AvgIpc) is 3.78. The van der Waals surface area contributed by atoms with Gasteiger partial charge in [-0.2, -0.15) is 0 Å². The third-order valence-electron chi connectivity index (χ3n) is 10.9. The molecule has 250 valence electrons. The lowest BCUT2D eigenvalue weighted by Crippen LogP contribution is -2.11. The molecule has 0 fully saturated rings. The molecule has 0 spiro atoms. The van der Waals surface area contributed by atoms with Gasteiger partial charge in [0.2, 0.25) is 0 Å². The summed E-state index contributed by atoms with van der Waals surface area (Å²) in [7, 11) is 0. The number of allylic oxidation sites excluding steroid dienone is 2. The van der Waals surface area contributed by atoms with Crippen molar-refractivity contribution in [3.63, 3.8) is 0 Å². The molecule has 0 saturated heterocycles. The Morgan fingerprint density at radius 1 is 0.596 bits per heavy atom. The Kier molecular flexibility index (Phi) is 7.54. The number of thiophene rings is 1. The van der Waals surface area contributed by atoms with Crippen LogP contribution in [-0.4, -0.2) is 0 Å². The number of benzene rings is 6. The average molecular weight is 688 g/mol. The summed E-state index contributed by atoms with van der Waals surface area (Å²) >= 11 is 2.00. The van der Waals surface area contributed by atoms with Crippen molar-refractivity contribution >= 4 is 62.5 Å². The number of anilines is 3. The maximum absolute atomic E-state index is 6.10. The largest absolute Gasteiger partial charge is 0.456 e. The molecule has 0 amide bonds. The molecule has 52 heavy (non-hydrogen) atoms. The Morgan fingerprint density at radius 2 is 1.21 bits per heavy atom. The van der Waals surface area contributed by atoms with Gasteiger partial charge in [-0.3, -0.25) is 0 Å². The summed E-state index contributed by atoms with van der Waals surface area (Å²) in [6, 6.07) is 52.5. The van der Waals surface area contributed by atoms with Gasteiger partial charge in [0, 0.05) is 43.5 Å². The fourth-order valence-electron chi connectivity index (χ4n) is 8.09. The third kappa shape index (κ3) is 5.41. The number of rotatable bonds is 6. The highest BCUT2D eigenvalue weighted by molar-refractivity contribution is 7.13. The summed E-state index contributed by atoms with van der Waals surface area (Å²) < 4.78 is 6.10. The Labute approximate surface area is 308 Å². The first-order valence-corrected chi connectivity index (χ1v) is 19.1. The number of hydrogen-bond donors (Lipinski definition) is 0. The lowest BCUT2D eigenvalue weighted by Gasteiger charge is -2.27. The van der Waals surface area contributed by atoms with Crippen molar-refractivity contribution in [3.05, 3.63) is 184 Å². The van der Waals surface area contributed by atoms with Gasteiger partial charge in [0.25, 0.3) is 0 Å². The molecule has 2 aliphatic rings. The highest BCUT2D eigenvalue weighted by Gasteiger charge is 2.26. The van der Waals surface area contributed by atoms with E-state index in [1.807, 2.05) is 23.5 Å². The highest BCUT2D eigenvalue weighted by Crippen LogP contribution is 2.45. The fraction of sp³-hybridized carbons (Fsp3) is 0.102. The lowest BCUT2D eigenvalue weighted by molar-refractivity contribution is 0.669. The minimum absolute atomic E-state index is 0.369. The Bertz CT molecular complexity index is 2620. The quantitative estimate of drug-likeness (QED) is 0.173. The summed E-state index contributed by atoms with van der Waals surface area (Å²) in [5.41, 5.74) is 14.4. The van der Waals surface area contributed by atoms with Crippen LogP contribution in [0.5, 0.6) is 0 Å². The zero-order valence-corrected chi connectivity index (χ0v) is 29.8. The van der Waals surface area contributed by atoms with E-state index in [0.717, 1.165) is 51.8 Å². The number of hydrogen-bond acceptors (Lipinski definition) is 3. The third-order valence-corrected chi connectivity index (χ3v) is 12.3. The minimum Gasteiger partial charge on any atom is -0.456 e. The van der Waals surface area contributed by atoms with Gasteiger partial charge in [-0.15, -0.1) is 11.3 Å². The molecular formula is C49H37NOS. The molecule has 0 bridgehead atoms. The van der Waals surface area contributed by atoms with Crippen molar-refractivity contribution in [2.75, 3.05) is 4.90 Å². The van der Waals surface area contributed by atoms with E-state index in [1.165, 1.54) is 43.8 Å². The molecule has 2 heterocycles. The van der Waals surface area contributed by atoms with E-state index < -0.39 is 0 Å². The molecule has 2 unspecified atom stereocenters. The van der Waals surface area contributed by atoms with Gasteiger partial charge in [-0.25, -0.2) is 0 Å². The summed E-state index contributed by atoms with van der Waals surface area (Å²) in [4.78, 5) is 5.37. The number of furan rings is 1. The Morgan fingerprint density at radius 3 is 1.96 bits per heavy atom. The maximum atomic E-state index is 6.10. The minimum atomic E-state index is 0.369. The molecular weight excluding hydrogens is 651 g/mol. The molecule has 2 aromatic heterocycles. The number of fused-ring (bicyclic) bond motifs is 6. The van der Waals surface area contributed by atoms with Crippen molar-refractivity contribution in [1.29, 1.82) is 0 Å². The summed E-state index contributed by atoms with van der Waals surface area (Å²) in [6.45, 7) is 2.36. The van der Waals surface area contributed by atoms with Gasteiger partial charge in [-0.05, 0) is 118 Å². The van der Waals surface area contributed by atoms with Crippen LogP contribution >= 0.6 is 11.3 Å². The summed E-state index contributed by atoms with van der Waals surface area (Å²) in [6.07, 6.45) is 11.7. The molecule has 8 aromatic rings. The molecule has 2 aliphatic carbocycles. The van der Waals surface area contributed by atoms with E-state index in [0.29, 0.717) is 11.8 Å². The predicted octanol–water partition coefficient (Wildman–Crippen LogP) is 14.3. The molecule has 0 radical (unpaired) electrons. The van der Waals surface area contributed by atoms with Gasteiger partial charge in [-0.1, -0.05) is 116 Å². The van der Waals surface area contributed by atoms with Crippen LogP contribution in [0, 0.1) is 0 Å². The van der Waals surface area contributed by atoms with Crippen LogP contribution in [0.4, 0.5) is 17.1 Å². The van der Waals surface area contributed by atoms with E-state index in [2.05, 4.69) is 170 Å². The van der Waals surface area contributed by atoms with Crippen molar-refractivity contribution in [2.24, 2.45) is 0 Å². The molecule has 0 aliphatic heterocycles. The Balaban J connectivity index is 0.987. The number of nitrogens with zero attached hydrogens (tertiary/aromatic N) is 1. The molecule has 2 atom stereocenters. The van der Waals surface area contributed by atoms with E-state index in [9.17, 15) is 0 Å². The normalized spacial score (nSPS) is 16.2. The van der Waals surface area contributed by atoms with E-state index in [-0.39, 0.29) is 0 Å². The van der Waals surface area contributed by atoms with Gasteiger partial charge < -0.3 is 9.32 Å². The molecule has 3 heteroatoms. The molecule has 2 nitrogen and oxygen atoms in total. The molecule has 6 aromatic carbocycles. The van der Waals surface area contributed by atoms with Gasteiger partial charge in [0.1, 0.15) is 11.2 Å². The predicted molar refractivity (Wildman–Crippen MR) is 221 cm³/mol. The van der Waals surface area contributed by atoms with Gasteiger partial charge >= 0.3 is 0 Å². The Hall–Kier alpha value is -5.90. The van der Waals surface area contributed by atoms with Crippen LogP contribution in [0.15, 0.2) is 162 Å². The van der Waals surface area contributed by atoms with E-state index >= 15 is 0 Å². The van der Waals surface area contributed by atoms with Crippen LogP contribution in [0.2, 0.25) is 0 Å². The molecule has 10 rings (SSSR count). The zero-order valence-electron chi connectivity index (χ0n) is 29.0. The SMILES string of the molecule is CC1CC=Cc2c1sc1c2CC(c2ccc(N(c3ccc(-c4ccccc4)cc3)c3ccc(-c4ccc5oc6ccccc6c5c4)cc3)cc2)C=C1. The van der Waals surface area contributed by atoms with Gasteiger partial charge in [0.15, 0.2) is 0 Å². The first-order valence-electron chi connectivity index (χ1n) is 18.2. The molecule has 0 saturated carbocycles. The van der Waals surface area contributed by atoms with Gasteiger partial charge in [0.05, 0.1) is 0 Å². The molecule has 0 N–H and O–H groups in total. The van der Waals surface area contributed by atoms with Crippen LogP contribution < -0.4 is 4.90 Å². The van der Waals surface area contributed by atoms with Crippen molar-refractivity contribution in [3.8, 4) is 22.3 Å². The summed E-state index contributed by atoms with van der Waals surface area (Å²) in [5.74, 6) is 0.984. The van der Waals surface area contributed by atoms with Crippen molar-refractivity contribution < 1.29 is 4.42 Å². The highest BCUT2D eigenvalue weighted by atomic mass is 32.1. The van der Waals surface area contributed by atoms with Crippen molar-refractivity contribution in [1.82, 2.24) is 0 Å². The standard InChI is InChI=1S/C49H37NOS/c1-32-8-7-12-43-45-31-38(21-29-48(45)52-49(32)43)36-18-26-41(27-19-36)50(39-22-14-34(15-23-39)33-9-3-2-4-10-33)40-24-16-35(17-25-40)37-20-28-47-44(30-37)42-11-5-6-13-46(42)51-47/h2-7,9-30,32,38H,8,31H2,1H3. The van der Waals surface area contributed by atoms with Crippen LogP contribution in [0.3, 0.4) is 0 Å². The second kappa shape index (κ2) is 12.7. The van der Waals surface area contributed by atoms with E-state index in [4.69, 9.17) is 4.42 Å². The fourth-order valence-corrected chi connectivity index (χ4v) is 9.39. The first kappa shape index (κ1) is 30.9. The topological polar surface area (TPSA) is 16.4 Å². The van der Waals surface area contributed by atoms with Crippen LogP contribution in [0.1, 0.15) is 51.6 Å². The van der Waals surface area contributed by atoms with Crippen molar-refractivity contribution in [2.45, 2.75) is 31.6 Å².